The average Bonchev–Trinajstić information content (AvgIpc) is 2.36. The molecule has 0 aliphatic heterocycles. The largest absolute Gasteiger partial charge is 0.388 e. The first-order valence-electron chi connectivity index (χ1n) is 6.47. The Bertz CT molecular complexity index is 590. The Hall–Kier alpha value is -1.67. The van der Waals surface area contributed by atoms with Gasteiger partial charge in [0.05, 0.1) is 6.10 Å². The standard InChI is InChI=1S/C17H19FO/c1-11-4-5-13(3)16(8-11)17(19)10-14-9-15(18)7-6-12(14)2/h4-9,17,19H,10H2,1-3H3. The fourth-order valence-corrected chi connectivity index (χ4v) is 2.30. The molecule has 2 heteroatoms. The Morgan fingerprint density at radius 2 is 1.68 bits per heavy atom. The predicted molar refractivity (Wildman–Crippen MR) is 75.7 cm³/mol. The SMILES string of the molecule is Cc1ccc(C)c(C(O)Cc2cc(F)ccc2C)c1. The highest BCUT2D eigenvalue weighted by molar-refractivity contribution is 5.34. The fraction of sp³-hybridized carbons (Fsp3) is 0.294. The van der Waals surface area contributed by atoms with Crippen molar-refractivity contribution in [1.29, 1.82) is 0 Å². The van der Waals surface area contributed by atoms with E-state index in [0.29, 0.717) is 6.42 Å². The van der Waals surface area contributed by atoms with E-state index in [-0.39, 0.29) is 5.82 Å². The lowest BCUT2D eigenvalue weighted by atomic mass is 9.94. The summed E-state index contributed by atoms with van der Waals surface area (Å²) in [6.45, 7) is 5.92. The zero-order chi connectivity index (χ0) is 14.0. The highest BCUT2D eigenvalue weighted by atomic mass is 19.1. The molecule has 1 N–H and O–H groups in total. The molecule has 0 spiro atoms. The van der Waals surface area contributed by atoms with Crippen LogP contribution in [0.5, 0.6) is 0 Å². The molecule has 0 fully saturated rings. The summed E-state index contributed by atoms with van der Waals surface area (Å²) in [5.41, 5.74) is 4.96. The Morgan fingerprint density at radius 3 is 2.42 bits per heavy atom. The van der Waals surface area contributed by atoms with Crippen molar-refractivity contribution in [3.63, 3.8) is 0 Å². The number of hydrogen-bond donors (Lipinski definition) is 1. The van der Waals surface area contributed by atoms with Crippen molar-refractivity contribution < 1.29 is 9.50 Å². The second kappa shape index (κ2) is 5.54. The Balaban J connectivity index is 2.27. The summed E-state index contributed by atoms with van der Waals surface area (Å²) >= 11 is 0. The smallest absolute Gasteiger partial charge is 0.123 e. The molecule has 1 atom stereocenters. The third-order valence-electron chi connectivity index (χ3n) is 3.52. The van der Waals surface area contributed by atoms with Crippen LogP contribution >= 0.6 is 0 Å². The van der Waals surface area contributed by atoms with Gasteiger partial charge in [-0.05, 0) is 55.2 Å². The van der Waals surface area contributed by atoms with E-state index in [1.54, 1.807) is 6.07 Å². The maximum atomic E-state index is 13.3. The van der Waals surface area contributed by atoms with Crippen LogP contribution in [0.3, 0.4) is 0 Å². The van der Waals surface area contributed by atoms with Crippen LogP contribution in [0.25, 0.3) is 0 Å². The molecule has 0 aromatic heterocycles. The molecule has 0 radical (unpaired) electrons. The van der Waals surface area contributed by atoms with Crippen LogP contribution in [0.2, 0.25) is 0 Å². The minimum Gasteiger partial charge on any atom is -0.388 e. The topological polar surface area (TPSA) is 20.2 Å². The molecule has 0 aliphatic carbocycles. The van der Waals surface area contributed by atoms with E-state index in [2.05, 4.69) is 0 Å². The van der Waals surface area contributed by atoms with Gasteiger partial charge in [0.15, 0.2) is 0 Å². The van der Waals surface area contributed by atoms with Crippen molar-refractivity contribution in [3.05, 3.63) is 70.0 Å². The van der Waals surface area contributed by atoms with E-state index in [1.165, 1.54) is 12.1 Å². The third kappa shape index (κ3) is 3.21. The van der Waals surface area contributed by atoms with Crippen LogP contribution in [0.1, 0.15) is 33.9 Å². The molecule has 0 bridgehead atoms. The molecule has 0 saturated heterocycles. The maximum Gasteiger partial charge on any atom is 0.123 e. The van der Waals surface area contributed by atoms with Crippen molar-refractivity contribution >= 4 is 0 Å². The lowest BCUT2D eigenvalue weighted by Crippen LogP contribution is -2.05. The van der Waals surface area contributed by atoms with Gasteiger partial charge < -0.3 is 5.11 Å². The van der Waals surface area contributed by atoms with Crippen LogP contribution in [-0.2, 0) is 6.42 Å². The molecule has 2 aromatic carbocycles. The number of aliphatic hydroxyl groups is 1. The molecule has 19 heavy (non-hydrogen) atoms. The van der Waals surface area contributed by atoms with E-state index >= 15 is 0 Å². The quantitative estimate of drug-likeness (QED) is 0.881. The third-order valence-corrected chi connectivity index (χ3v) is 3.52. The molecular weight excluding hydrogens is 239 g/mol. The highest BCUT2D eigenvalue weighted by Gasteiger charge is 2.13. The predicted octanol–water partition coefficient (Wildman–Crippen LogP) is 4.03. The van der Waals surface area contributed by atoms with Crippen LogP contribution < -0.4 is 0 Å². The van der Waals surface area contributed by atoms with Gasteiger partial charge in [-0.25, -0.2) is 4.39 Å². The minimum absolute atomic E-state index is 0.256. The van der Waals surface area contributed by atoms with Crippen molar-refractivity contribution in [2.75, 3.05) is 0 Å². The van der Waals surface area contributed by atoms with Gasteiger partial charge in [0.2, 0.25) is 0 Å². The molecule has 100 valence electrons. The van der Waals surface area contributed by atoms with E-state index in [9.17, 15) is 9.50 Å². The van der Waals surface area contributed by atoms with Crippen LogP contribution in [0.4, 0.5) is 4.39 Å². The number of rotatable bonds is 3. The molecule has 0 heterocycles. The zero-order valence-electron chi connectivity index (χ0n) is 11.6. The second-order valence-corrected chi connectivity index (χ2v) is 5.15. The number of halogens is 1. The average molecular weight is 258 g/mol. The molecule has 1 nitrogen and oxygen atoms in total. The number of aliphatic hydroxyl groups excluding tert-OH is 1. The second-order valence-electron chi connectivity index (χ2n) is 5.15. The van der Waals surface area contributed by atoms with E-state index in [4.69, 9.17) is 0 Å². The normalized spacial score (nSPS) is 12.5. The van der Waals surface area contributed by atoms with Crippen LogP contribution in [0.15, 0.2) is 36.4 Å². The lowest BCUT2D eigenvalue weighted by molar-refractivity contribution is 0.177. The van der Waals surface area contributed by atoms with Gasteiger partial charge in [0, 0.05) is 6.42 Å². The van der Waals surface area contributed by atoms with Gasteiger partial charge in [0.25, 0.3) is 0 Å². The monoisotopic (exact) mass is 258 g/mol. The maximum absolute atomic E-state index is 13.3. The van der Waals surface area contributed by atoms with Gasteiger partial charge in [-0.3, -0.25) is 0 Å². The first kappa shape index (κ1) is 13.8. The molecule has 2 rings (SSSR count). The van der Waals surface area contributed by atoms with E-state index < -0.39 is 6.10 Å². The summed E-state index contributed by atoms with van der Waals surface area (Å²) in [6, 6.07) is 10.7. The summed E-state index contributed by atoms with van der Waals surface area (Å²) < 4.78 is 13.3. The Kier molecular flexibility index (Phi) is 4.01. The van der Waals surface area contributed by atoms with Crippen molar-refractivity contribution in [1.82, 2.24) is 0 Å². The van der Waals surface area contributed by atoms with Gasteiger partial charge >= 0.3 is 0 Å². The summed E-state index contributed by atoms with van der Waals surface area (Å²) in [7, 11) is 0. The molecule has 2 aromatic rings. The molecule has 0 saturated carbocycles. The Labute approximate surface area is 113 Å². The first-order chi connectivity index (χ1) is 8.97. The molecule has 0 amide bonds. The van der Waals surface area contributed by atoms with Crippen molar-refractivity contribution in [2.45, 2.75) is 33.3 Å². The van der Waals surface area contributed by atoms with Crippen molar-refractivity contribution in [3.8, 4) is 0 Å². The van der Waals surface area contributed by atoms with Gasteiger partial charge in [-0.15, -0.1) is 0 Å². The summed E-state index contributed by atoms with van der Waals surface area (Å²) in [5, 5.41) is 10.4. The lowest BCUT2D eigenvalue weighted by Gasteiger charge is -2.16. The molecular formula is C17H19FO. The summed E-state index contributed by atoms with van der Waals surface area (Å²) in [5.74, 6) is -0.256. The number of hydrogen-bond acceptors (Lipinski definition) is 1. The van der Waals surface area contributed by atoms with E-state index in [0.717, 1.165) is 27.8 Å². The summed E-state index contributed by atoms with van der Waals surface area (Å²) in [6.07, 6.45) is -0.158. The van der Waals surface area contributed by atoms with Gasteiger partial charge in [0.1, 0.15) is 5.82 Å². The van der Waals surface area contributed by atoms with E-state index in [1.807, 2.05) is 39.0 Å². The Morgan fingerprint density at radius 1 is 1.00 bits per heavy atom. The molecule has 0 aliphatic rings. The van der Waals surface area contributed by atoms with Crippen LogP contribution in [0, 0.1) is 26.6 Å². The van der Waals surface area contributed by atoms with Crippen LogP contribution in [-0.4, -0.2) is 5.11 Å². The number of benzene rings is 2. The minimum atomic E-state index is -0.597. The highest BCUT2D eigenvalue weighted by Crippen LogP contribution is 2.24. The van der Waals surface area contributed by atoms with Gasteiger partial charge in [-0.2, -0.15) is 0 Å². The summed E-state index contributed by atoms with van der Waals surface area (Å²) in [4.78, 5) is 0. The van der Waals surface area contributed by atoms with Gasteiger partial charge in [-0.1, -0.05) is 29.8 Å². The first-order valence-corrected chi connectivity index (χ1v) is 6.47. The molecule has 1 unspecified atom stereocenters. The van der Waals surface area contributed by atoms with Crippen molar-refractivity contribution in [2.24, 2.45) is 0 Å². The number of aryl methyl sites for hydroxylation is 3. The zero-order valence-corrected chi connectivity index (χ0v) is 11.6. The fourth-order valence-electron chi connectivity index (χ4n) is 2.30.